The van der Waals surface area contributed by atoms with Gasteiger partial charge in [0.15, 0.2) is 0 Å². The van der Waals surface area contributed by atoms with E-state index in [4.69, 9.17) is 0 Å². The minimum atomic E-state index is -1.63. The van der Waals surface area contributed by atoms with Crippen molar-refractivity contribution in [3.05, 3.63) is 0 Å². The molecule has 0 aromatic carbocycles. The lowest BCUT2D eigenvalue weighted by atomic mass is 9.74. The maximum Gasteiger partial charge on any atom is 0.258 e. The molecule has 5 heteroatoms. The first-order valence-electron chi connectivity index (χ1n) is 11.4. The maximum absolute atomic E-state index is 12.6. The molecule has 5 nitrogen and oxygen atoms in total. The van der Waals surface area contributed by atoms with E-state index in [0.717, 1.165) is 25.7 Å². The van der Waals surface area contributed by atoms with Crippen molar-refractivity contribution in [1.82, 2.24) is 10.6 Å². The summed E-state index contributed by atoms with van der Waals surface area (Å²) in [4.78, 5) is 25.3. The monoisotopic (exact) mass is 394 g/mol. The Hall–Kier alpha value is -1.10. The highest BCUT2D eigenvalue weighted by Gasteiger charge is 2.37. The fourth-order valence-corrected chi connectivity index (χ4v) is 5.38. The van der Waals surface area contributed by atoms with Crippen LogP contribution in [0.15, 0.2) is 0 Å². The molecule has 0 bridgehead atoms. The molecule has 0 radical (unpaired) electrons. The summed E-state index contributed by atoms with van der Waals surface area (Å²) in [6.07, 6.45) is 4.72. The lowest BCUT2D eigenvalue weighted by Gasteiger charge is -2.39. The van der Waals surface area contributed by atoms with Crippen LogP contribution in [-0.2, 0) is 9.59 Å². The van der Waals surface area contributed by atoms with Gasteiger partial charge in [-0.15, -0.1) is 0 Å². The van der Waals surface area contributed by atoms with Crippen molar-refractivity contribution < 1.29 is 14.7 Å². The third-order valence-corrected chi connectivity index (χ3v) is 7.20. The van der Waals surface area contributed by atoms with Crippen LogP contribution in [0.3, 0.4) is 0 Å². The van der Waals surface area contributed by atoms with E-state index < -0.39 is 17.9 Å². The molecule has 162 valence electrons. The topological polar surface area (TPSA) is 78.4 Å². The SMILES string of the molecule is CC(C)[C@@H]1CC[C@@H](C)C[C@@H]1NC(=O)C(O)C(=O)N[C@H]1C[C@H](C)CC[C@H]1C(C)C. The minimum Gasteiger partial charge on any atom is -0.375 e. The third kappa shape index (κ3) is 5.95. The van der Waals surface area contributed by atoms with Gasteiger partial charge in [0.25, 0.3) is 11.8 Å². The van der Waals surface area contributed by atoms with Crippen molar-refractivity contribution in [2.24, 2.45) is 35.5 Å². The molecule has 2 aliphatic carbocycles. The first kappa shape index (κ1) is 23.2. The normalized spacial score (nSPS) is 33.9. The molecule has 2 fully saturated rings. The van der Waals surface area contributed by atoms with E-state index in [2.05, 4.69) is 52.2 Å². The van der Waals surface area contributed by atoms with E-state index in [1.54, 1.807) is 0 Å². The van der Waals surface area contributed by atoms with Crippen LogP contribution in [0, 0.1) is 35.5 Å². The Morgan fingerprint density at radius 3 is 1.43 bits per heavy atom. The number of hydrogen-bond acceptors (Lipinski definition) is 3. The summed E-state index contributed by atoms with van der Waals surface area (Å²) in [6.45, 7) is 13.1. The zero-order valence-corrected chi connectivity index (χ0v) is 18.7. The second kappa shape index (κ2) is 10.1. The molecule has 2 aliphatic rings. The fraction of sp³-hybridized carbons (Fsp3) is 0.913. The van der Waals surface area contributed by atoms with Gasteiger partial charge in [0.1, 0.15) is 0 Å². The Balaban J connectivity index is 1.96. The summed E-state index contributed by atoms with van der Waals surface area (Å²) in [7, 11) is 0. The van der Waals surface area contributed by atoms with Crippen LogP contribution >= 0.6 is 0 Å². The van der Waals surface area contributed by atoms with Gasteiger partial charge in [-0.2, -0.15) is 0 Å². The van der Waals surface area contributed by atoms with Crippen molar-refractivity contribution in [3.63, 3.8) is 0 Å². The van der Waals surface area contributed by atoms with Gasteiger partial charge in [-0.25, -0.2) is 0 Å². The summed E-state index contributed by atoms with van der Waals surface area (Å²) < 4.78 is 0. The standard InChI is InChI=1S/C23H42N2O3/c1-13(2)17-9-7-15(5)11-19(17)24-22(27)21(26)23(28)25-20-12-16(6)8-10-18(20)14(3)4/h13-21,26H,7-12H2,1-6H3,(H,24,27)(H,25,28)/t15-,16-,17+,18+,19+,20+/m1/s1. The molecule has 2 saturated carbocycles. The van der Waals surface area contributed by atoms with Crippen LogP contribution < -0.4 is 10.6 Å². The number of amides is 2. The molecule has 0 aromatic heterocycles. The molecule has 3 N–H and O–H groups in total. The van der Waals surface area contributed by atoms with Crippen LogP contribution in [0.4, 0.5) is 0 Å². The number of hydrogen-bond donors (Lipinski definition) is 3. The third-order valence-electron chi connectivity index (χ3n) is 7.20. The predicted octanol–water partition coefficient (Wildman–Crippen LogP) is 3.50. The number of carbonyl (C=O) groups is 2. The van der Waals surface area contributed by atoms with Gasteiger partial charge in [0, 0.05) is 12.1 Å². The van der Waals surface area contributed by atoms with Gasteiger partial charge in [-0.3, -0.25) is 9.59 Å². The molecule has 6 atom stereocenters. The molecule has 0 heterocycles. The molecule has 0 aliphatic heterocycles. The molecule has 2 amide bonds. The molecule has 28 heavy (non-hydrogen) atoms. The van der Waals surface area contributed by atoms with Crippen LogP contribution in [0.2, 0.25) is 0 Å². The Bertz CT molecular complexity index is 488. The number of carbonyl (C=O) groups excluding carboxylic acids is 2. The van der Waals surface area contributed by atoms with Crippen molar-refractivity contribution in [3.8, 4) is 0 Å². The molecule has 0 unspecified atom stereocenters. The van der Waals surface area contributed by atoms with Crippen molar-refractivity contribution in [1.29, 1.82) is 0 Å². The highest BCUT2D eigenvalue weighted by Crippen LogP contribution is 2.34. The van der Waals surface area contributed by atoms with Crippen molar-refractivity contribution in [2.45, 2.75) is 98.3 Å². The van der Waals surface area contributed by atoms with Gasteiger partial charge >= 0.3 is 0 Å². The summed E-state index contributed by atoms with van der Waals surface area (Å²) in [5.74, 6) is 1.77. The van der Waals surface area contributed by atoms with E-state index >= 15 is 0 Å². The minimum absolute atomic E-state index is 0.0387. The lowest BCUT2D eigenvalue weighted by molar-refractivity contribution is -0.142. The largest absolute Gasteiger partial charge is 0.375 e. The van der Waals surface area contributed by atoms with Gasteiger partial charge in [0.05, 0.1) is 0 Å². The average molecular weight is 395 g/mol. The Morgan fingerprint density at radius 1 is 0.750 bits per heavy atom. The van der Waals surface area contributed by atoms with E-state index in [1.807, 2.05) is 0 Å². The zero-order chi connectivity index (χ0) is 21.0. The van der Waals surface area contributed by atoms with Crippen LogP contribution in [0.25, 0.3) is 0 Å². The maximum atomic E-state index is 12.6. The number of aliphatic hydroxyl groups excluding tert-OH is 1. The quantitative estimate of drug-likeness (QED) is 0.603. The van der Waals surface area contributed by atoms with Gasteiger partial charge < -0.3 is 15.7 Å². The second-order valence-corrected chi connectivity index (χ2v) is 10.3. The van der Waals surface area contributed by atoms with Gasteiger partial charge in [-0.1, -0.05) is 54.4 Å². The second-order valence-electron chi connectivity index (χ2n) is 10.3. The first-order valence-corrected chi connectivity index (χ1v) is 11.4. The predicted molar refractivity (Wildman–Crippen MR) is 113 cm³/mol. The summed E-state index contributed by atoms with van der Waals surface area (Å²) in [6, 6.07) is 0.0774. The summed E-state index contributed by atoms with van der Waals surface area (Å²) in [5, 5.41) is 16.4. The number of rotatable bonds is 6. The summed E-state index contributed by atoms with van der Waals surface area (Å²) >= 11 is 0. The lowest BCUT2D eigenvalue weighted by Crippen LogP contribution is -2.55. The Morgan fingerprint density at radius 2 is 1.11 bits per heavy atom. The van der Waals surface area contributed by atoms with E-state index in [9.17, 15) is 14.7 Å². The van der Waals surface area contributed by atoms with Crippen LogP contribution in [0.5, 0.6) is 0 Å². The Labute approximate surface area is 171 Å². The molecule has 0 spiro atoms. The molecular formula is C23H42N2O3. The van der Waals surface area contributed by atoms with Gasteiger partial charge in [0.2, 0.25) is 6.10 Å². The molecular weight excluding hydrogens is 352 g/mol. The molecule has 0 aromatic rings. The first-order chi connectivity index (χ1) is 13.1. The smallest absolute Gasteiger partial charge is 0.258 e. The van der Waals surface area contributed by atoms with E-state index in [0.29, 0.717) is 35.5 Å². The van der Waals surface area contributed by atoms with Crippen molar-refractivity contribution in [2.75, 3.05) is 0 Å². The number of aliphatic hydroxyl groups is 1. The van der Waals surface area contributed by atoms with E-state index in [1.165, 1.54) is 12.8 Å². The Kier molecular flexibility index (Phi) is 8.35. The van der Waals surface area contributed by atoms with Gasteiger partial charge in [-0.05, 0) is 61.2 Å². The summed E-state index contributed by atoms with van der Waals surface area (Å²) in [5.41, 5.74) is 0. The van der Waals surface area contributed by atoms with Crippen molar-refractivity contribution >= 4 is 11.8 Å². The van der Waals surface area contributed by atoms with Crippen LogP contribution in [0.1, 0.15) is 80.1 Å². The number of nitrogens with one attached hydrogen (secondary N) is 2. The molecule has 2 rings (SSSR count). The molecule has 0 saturated heterocycles. The average Bonchev–Trinajstić information content (AvgIpc) is 2.60. The highest BCUT2D eigenvalue weighted by molar-refractivity contribution is 6.03. The van der Waals surface area contributed by atoms with E-state index in [-0.39, 0.29) is 12.1 Å². The van der Waals surface area contributed by atoms with Crippen LogP contribution in [-0.4, -0.2) is 35.1 Å². The zero-order valence-electron chi connectivity index (χ0n) is 18.7. The fourth-order valence-electron chi connectivity index (χ4n) is 5.38. The highest BCUT2D eigenvalue weighted by atomic mass is 16.3.